The van der Waals surface area contributed by atoms with Crippen molar-refractivity contribution in [1.82, 2.24) is 19.9 Å². The maximum atomic E-state index is 12.0. The van der Waals surface area contributed by atoms with Crippen LogP contribution < -0.4 is 30.4 Å². The van der Waals surface area contributed by atoms with Gasteiger partial charge in [0.1, 0.15) is 0 Å². The average molecular weight is 989 g/mol. The molecule has 5 rings (SSSR count). The predicted octanol–water partition coefficient (Wildman–Crippen LogP) is 3.96. The molecule has 0 aliphatic carbocycles. The number of nitriles is 4. The Kier molecular flexibility index (Phi) is 38.5. The molecule has 0 spiro atoms. The Morgan fingerprint density at radius 3 is 0.824 bits per heavy atom. The van der Waals surface area contributed by atoms with E-state index in [4.69, 9.17) is 70.4 Å². The second-order valence-corrected chi connectivity index (χ2v) is 15.2. The Bertz CT molecular complexity index is 2030. The van der Waals surface area contributed by atoms with Crippen LogP contribution >= 0.6 is 0 Å². The van der Waals surface area contributed by atoms with Gasteiger partial charge in [-0.3, -0.25) is 0 Å². The molecule has 4 aromatic rings. The topological polar surface area (TPSA) is 365 Å². The first-order valence-corrected chi connectivity index (χ1v) is 22.8. The molecule has 0 saturated carbocycles. The van der Waals surface area contributed by atoms with Crippen LogP contribution in [0.4, 0.5) is 23.3 Å². The van der Waals surface area contributed by atoms with Gasteiger partial charge in [0, 0.05) is 39.1 Å². The molecular formula is C42H60N12O12S2. The monoisotopic (exact) mass is 988 g/mol. The van der Waals surface area contributed by atoms with E-state index in [-0.39, 0.29) is 21.7 Å². The van der Waals surface area contributed by atoms with Crippen molar-refractivity contribution in [2.45, 2.75) is 37.5 Å². The number of hydrogen-bond acceptors (Lipinski definition) is 22. The van der Waals surface area contributed by atoms with Gasteiger partial charge in [-0.15, -0.1) is 0 Å². The van der Waals surface area contributed by atoms with Gasteiger partial charge in [-0.2, -0.15) is 21.0 Å². The number of nitrogens with zero attached hydrogens (tertiary/aromatic N) is 8. The smallest absolute Gasteiger partial charge is 0.264 e. The fraction of sp³-hybridized carbons (Fsp3) is 0.429. The maximum Gasteiger partial charge on any atom is 0.264 e. The van der Waals surface area contributed by atoms with E-state index >= 15 is 0 Å². The molecule has 0 unspecified atom stereocenters. The molecule has 3 heterocycles. The van der Waals surface area contributed by atoms with E-state index < -0.39 is 20.0 Å². The molecule has 1 saturated heterocycles. The molecule has 0 radical (unpaired) electrons. The number of nitrogen functional groups attached to an aromatic ring is 2. The fourth-order valence-corrected chi connectivity index (χ4v) is 5.84. The SMILES string of the molecule is C1COCCOCCOCCOCCOCCO1.CC#N.CC#N.CC#N.CC#N.COc1cnc(NS(=O)(=O)c2ccc(N)cc2)nc1.COc1cnc(NS(=O)(=O)c2ccc(N)cc2)nc1. The van der Waals surface area contributed by atoms with Gasteiger partial charge in [0.25, 0.3) is 20.0 Å². The Morgan fingerprint density at radius 2 is 0.647 bits per heavy atom. The number of anilines is 4. The van der Waals surface area contributed by atoms with Crippen LogP contribution in [0.2, 0.25) is 0 Å². The van der Waals surface area contributed by atoms with Crippen molar-refractivity contribution in [3.63, 3.8) is 0 Å². The lowest BCUT2D eigenvalue weighted by Gasteiger charge is -2.09. The highest BCUT2D eigenvalue weighted by atomic mass is 32.2. The zero-order chi connectivity index (χ0) is 51.3. The van der Waals surface area contributed by atoms with Crippen molar-refractivity contribution in [2.24, 2.45) is 0 Å². The van der Waals surface area contributed by atoms with Gasteiger partial charge < -0.3 is 49.4 Å². The molecular weight excluding hydrogens is 929 g/mol. The number of ether oxygens (including phenoxy) is 8. The summed E-state index contributed by atoms with van der Waals surface area (Å²) >= 11 is 0. The molecule has 0 atom stereocenters. The number of sulfonamides is 2. The molecule has 2 aromatic heterocycles. The lowest BCUT2D eigenvalue weighted by Crippen LogP contribution is -2.16. The molecule has 0 bridgehead atoms. The molecule has 26 heteroatoms. The Morgan fingerprint density at radius 1 is 0.456 bits per heavy atom. The summed E-state index contributed by atoms with van der Waals surface area (Å²) in [4.78, 5) is 15.5. The van der Waals surface area contributed by atoms with Crippen LogP contribution in [-0.4, -0.2) is 130 Å². The largest absolute Gasteiger partial charge is 0.494 e. The van der Waals surface area contributed by atoms with Gasteiger partial charge in [-0.05, 0) is 48.5 Å². The second kappa shape index (κ2) is 41.5. The first-order valence-electron chi connectivity index (χ1n) is 19.9. The van der Waals surface area contributed by atoms with Crippen molar-refractivity contribution in [3.8, 4) is 35.8 Å². The zero-order valence-corrected chi connectivity index (χ0v) is 40.5. The van der Waals surface area contributed by atoms with Gasteiger partial charge in [-0.25, -0.2) is 46.2 Å². The van der Waals surface area contributed by atoms with Crippen molar-refractivity contribution < 1.29 is 54.7 Å². The third-order valence-corrected chi connectivity index (χ3v) is 9.48. The van der Waals surface area contributed by atoms with Crippen LogP contribution in [0.5, 0.6) is 11.5 Å². The molecule has 2 aromatic carbocycles. The second-order valence-electron chi connectivity index (χ2n) is 11.8. The van der Waals surface area contributed by atoms with Gasteiger partial charge in [0.15, 0.2) is 11.5 Å². The summed E-state index contributed by atoms with van der Waals surface area (Å²) in [5.41, 5.74) is 12.0. The van der Waals surface area contributed by atoms with Gasteiger partial charge >= 0.3 is 0 Å². The number of hydrogen-bond donors (Lipinski definition) is 4. The minimum absolute atomic E-state index is 0.0300. The minimum Gasteiger partial charge on any atom is -0.494 e. The Hall–Kier alpha value is -6.98. The molecule has 0 amide bonds. The highest BCUT2D eigenvalue weighted by molar-refractivity contribution is 7.93. The van der Waals surface area contributed by atoms with E-state index in [0.717, 1.165) is 0 Å². The normalized spacial score (nSPS) is 13.0. The van der Waals surface area contributed by atoms with Crippen LogP contribution in [0, 0.1) is 45.3 Å². The van der Waals surface area contributed by atoms with Gasteiger partial charge in [0.05, 0.1) is 152 Å². The third kappa shape index (κ3) is 33.5. The maximum absolute atomic E-state index is 12.0. The number of nitrogens with two attached hydrogens (primary N) is 2. The molecule has 372 valence electrons. The van der Waals surface area contributed by atoms with Crippen molar-refractivity contribution in [3.05, 3.63) is 73.3 Å². The highest BCUT2D eigenvalue weighted by Crippen LogP contribution is 2.17. The Balaban J connectivity index is 0. The number of benzene rings is 2. The third-order valence-electron chi connectivity index (χ3n) is 6.79. The highest BCUT2D eigenvalue weighted by Gasteiger charge is 2.16. The summed E-state index contributed by atoms with van der Waals surface area (Å²) in [5.74, 6) is 0.820. The van der Waals surface area contributed by atoms with Crippen LogP contribution in [0.25, 0.3) is 0 Å². The van der Waals surface area contributed by atoms with Crippen molar-refractivity contribution in [1.29, 1.82) is 21.0 Å². The molecule has 24 nitrogen and oxygen atoms in total. The molecule has 1 fully saturated rings. The summed E-state index contributed by atoms with van der Waals surface area (Å²) in [5, 5.41) is 29.3. The first-order chi connectivity index (χ1) is 32.7. The fourth-order valence-electron chi connectivity index (χ4n) is 3.92. The summed E-state index contributed by atoms with van der Waals surface area (Å²) in [6, 6.07) is 18.6. The standard InChI is InChI=1S/C12H24O6.2C11H12N4O3S.4C2H3N/c1-2-14-5-6-16-9-10-18-12-11-17-8-7-15-4-3-13-1;2*1-18-9-6-13-11(14-7-9)15-19(16,17)10-4-2-8(12)3-5-10;4*1-2-3/h1-12H2;2*2-7H,12H2,1H3,(H,13,14,15);4*1H3. The lowest BCUT2D eigenvalue weighted by atomic mass is 10.3. The number of nitrogens with one attached hydrogen (secondary N) is 2. The minimum atomic E-state index is -3.72. The van der Waals surface area contributed by atoms with Crippen LogP contribution in [0.15, 0.2) is 83.1 Å². The van der Waals surface area contributed by atoms with E-state index in [1.54, 1.807) is 24.3 Å². The van der Waals surface area contributed by atoms with E-state index in [9.17, 15) is 16.8 Å². The summed E-state index contributed by atoms with van der Waals surface area (Å²) in [6.45, 7) is 12.8. The quantitative estimate of drug-likeness (QED) is 0.181. The van der Waals surface area contributed by atoms with Gasteiger partial charge in [0.2, 0.25) is 11.9 Å². The van der Waals surface area contributed by atoms with Crippen LogP contribution in [-0.2, 0) is 48.5 Å². The average Bonchev–Trinajstić information content (AvgIpc) is 3.31. The molecule has 68 heavy (non-hydrogen) atoms. The van der Waals surface area contributed by atoms with Crippen LogP contribution in [0.1, 0.15) is 27.7 Å². The zero-order valence-electron chi connectivity index (χ0n) is 38.9. The lowest BCUT2D eigenvalue weighted by molar-refractivity contribution is -0.0334. The molecule has 1 aliphatic rings. The van der Waals surface area contributed by atoms with Gasteiger partial charge in [-0.1, -0.05) is 0 Å². The molecule has 1 aliphatic heterocycles. The van der Waals surface area contributed by atoms with Crippen LogP contribution in [0.3, 0.4) is 0 Å². The van der Waals surface area contributed by atoms with E-state index in [2.05, 4.69) is 29.4 Å². The summed E-state index contributed by atoms with van der Waals surface area (Å²) < 4.78 is 94.3. The van der Waals surface area contributed by atoms with E-state index in [1.807, 2.05) is 0 Å². The number of methoxy groups -OCH3 is 2. The van der Waals surface area contributed by atoms with E-state index in [1.165, 1.54) is 115 Å². The predicted molar refractivity (Wildman–Crippen MR) is 251 cm³/mol. The first kappa shape index (κ1) is 63.1. The molecule has 6 N–H and O–H groups in total. The van der Waals surface area contributed by atoms with Crippen molar-refractivity contribution >= 4 is 43.3 Å². The summed E-state index contributed by atoms with van der Waals surface area (Å²) in [6.07, 6.45) is 5.48. The van der Waals surface area contributed by atoms with Crippen molar-refractivity contribution in [2.75, 3.05) is 114 Å². The Labute approximate surface area is 398 Å². The number of aromatic nitrogens is 4. The van der Waals surface area contributed by atoms with E-state index in [0.29, 0.717) is 102 Å². The number of rotatable bonds is 8. The summed E-state index contributed by atoms with van der Waals surface area (Å²) in [7, 11) is -4.50.